The third-order valence-electron chi connectivity index (χ3n) is 3.76. The van der Waals surface area contributed by atoms with Crippen molar-refractivity contribution < 1.29 is 14.4 Å². The number of nitrogens with zero attached hydrogens (tertiary/aromatic N) is 3. The van der Waals surface area contributed by atoms with Gasteiger partial charge in [-0.15, -0.1) is 11.3 Å². The zero-order chi connectivity index (χ0) is 15.1. The number of rotatable bonds is 2. The van der Waals surface area contributed by atoms with Gasteiger partial charge in [-0.3, -0.25) is 9.59 Å². The van der Waals surface area contributed by atoms with Crippen LogP contribution in [0.25, 0.3) is 0 Å². The van der Waals surface area contributed by atoms with Crippen LogP contribution >= 0.6 is 11.3 Å². The van der Waals surface area contributed by atoms with Gasteiger partial charge in [0.25, 0.3) is 11.8 Å². The van der Waals surface area contributed by atoms with Crippen LogP contribution in [-0.2, 0) is 9.63 Å². The average molecular weight is 307 g/mol. The van der Waals surface area contributed by atoms with Crippen molar-refractivity contribution in [3.63, 3.8) is 0 Å². The fourth-order valence-electron chi connectivity index (χ4n) is 2.63. The Morgan fingerprint density at radius 3 is 2.81 bits per heavy atom. The summed E-state index contributed by atoms with van der Waals surface area (Å²) < 4.78 is 0. The molecule has 3 rings (SSSR count). The van der Waals surface area contributed by atoms with E-state index in [1.54, 1.807) is 19.0 Å². The van der Waals surface area contributed by atoms with Gasteiger partial charge in [0.1, 0.15) is 0 Å². The summed E-state index contributed by atoms with van der Waals surface area (Å²) in [5, 5.41) is 5.86. The lowest BCUT2D eigenvalue weighted by atomic mass is 10.00. The van der Waals surface area contributed by atoms with Crippen LogP contribution in [0.15, 0.2) is 16.6 Å². The maximum Gasteiger partial charge on any atom is 0.271 e. The van der Waals surface area contributed by atoms with Gasteiger partial charge in [-0.2, -0.15) is 0 Å². The van der Waals surface area contributed by atoms with E-state index in [1.165, 1.54) is 16.2 Å². The molecule has 21 heavy (non-hydrogen) atoms. The van der Waals surface area contributed by atoms with Crippen molar-refractivity contribution in [3.8, 4) is 0 Å². The highest BCUT2D eigenvalue weighted by molar-refractivity contribution is 7.12. The summed E-state index contributed by atoms with van der Waals surface area (Å²) in [6.45, 7) is 2.93. The van der Waals surface area contributed by atoms with Gasteiger partial charge < -0.3 is 14.6 Å². The number of hydrogen-bond donors (Lipinski definition) is 0. The van der Waals surface area contributed by atoms with Gasteiger partial charge in [-0.05, 0) is 23.9 Å². The third-order valence-corrected chi connectivity index (χ3v) is 4.79. The van der Waals surface area contributed by atoms with Crippen LogP contribution in [0.3, 0.4) is 0 Å². The minimum Gasteiger partial charge on any atom is -0.389 e. The van der Waals surface area contributed by atoms with Gasteiger partial charge in [-0.1, -0.05) is 5.16 Å². The van der Waals surface area contributed by atoms with Crippen molar-refractivity contribution in [2.75, 3.05) is 27.2 Å². The Kier molecular flexibility index (Phi) is 3.44. The first-order valence-corrected chi connectivity index (χ1v) is 7.65. The molecular weight excluding hydrogens is 290 g/mol. The van der Waals surface area contributed by atoms with E-state index >= 15 is 0 Å². The lowest BCUT2D eigenvalue weighted by molar-refractivity contribution is -0.122. The summed E-state index contributed by atoms with van der Waals surface area (Å²) in [5.74, 6) is -0.267. The van der Waals surface area contributed by atoms with Gasteiger partial charge in [0, 0.05) is 20.6 Å². The molecule has 0 spiro atoms. The Labute approximate surface area is 127 Å². The molecular formula is C14H17N3O3S. The molecule has 3 heterocycles. The quantitative estimate of drug-likeness (QED) is 0.818. The molecule has 0 N–H and O–H groups in total. The van der Waals surface area contributed by atoms with Crippen LogP contribution in [-0.4, -0.2) is 60.6 Å². The fourth-order valence-corrected chi connectivity index (χ4v) is 3.49. The number of carbonyl (C=O) groups is 2. The van der Waals surface area contributed by atoms with Crippen LogP contribution in [0.1, 0.15) is 15.2 Å². The first kappa shape index (κ1) is 14.1. The molecule has 6 nitrogen and oxygen atoms in total. The number of likely N-dealkylation sites (tertiary alicyclic amines) is 1. The first-order valence-electron chi connectivity index (χ1n) is 6.77. The van der Waals surface area contributed by atoms with Gasteiger partial charge in [0.15, 0.2) is 11.8 Å². The Bertz CT molecular complexity index is 623. The van der Waals surface area contributed by atoms with E-state index in [0.717, 1.165) is 10.4 Å². The summed E-state index contributed by atoms with van der Waals surface area (Å²) in [4.78, 5) is 33.8. The van der Waals surface area contributed by atoms with Gasteiger partial charge in [0.05, 0.1) is 17.3 Å². The highest BCUT2D eigenvalue weighted by Crippen LogP contribution is 2.29. The van der Waals surface area contributed by atoms with Crippen molar-refractivity contribution in [1.82, 2.24) is 9.80 Å². The molecule has 1 saturated heterocycles. The second-order valence-corrected chi connectivity index (χ2v) is 6.54. The van der Waals surface area contributed by atoms with Crippen LogP contribution in [0.4, 0.5) is 0 Å². The molecule has 0 unspecified atom stereocenters. The van der Waals surface area contributed by atoms with E-state index in [0.29, 0.717) is 18.8 Å². The molecule has 0 radical (unpaired) electrons. The summed E-state index contributed by atoms with van der Waals surface area (Å²) >= 11 is 1.45. The zero-order valence-electron chi connectivity index (χ0n) is 12.2. The van der Waals surface area contributed by atoms with Crippen molar-refractivity contribution in [3.05, 3.63) is 21.9 Å². The fraction of sp³-hybridized carbons (Fsp3) is 0.500. The molecule has 0 saturated carbocycles. The van der Waals surface area contributed by atoms with E-state index in [1.807, 2.05) is 18.4 Å². The molecule has 112 valence electrons. The maximum atomic E-state index is 12.4. The molecule has 2 atom stereocenters. The largest absolute Gasteiger partial charge is 0.389 e. The Morgan fingerprint density at radius 2 is 2.19 bits per heavy atom. The van der Waals surface area contributed by atoms with Gasteiger partial charge in [-0.25, -0.2) is 0 Å². The lowest BCUT2D eigenvalue weighted by Gasteiger charge is -2.16. The molecule has 2 amide bonds. The van der Waals surface area contributed by atoms with E-state index in [9.17, 15) is 9.59 Å². The van der Waals surface area contributed by atoms with E-state index in [2.05, 4.69) is 5.16 Å². The smallest absolute Gasteiger partial charge is 0.271 e. The molecule has 0 aliphatic carbocycles. The van der Waals surface area contributed by atoms with Crippen molar-refractivity contribution >= 4 is 28.9 Å². The summed E-state index contributed by atoms with van der Waals surface area (Å²) in [6.07, 6.45) is -0.200. The lowest BCUT2D eigenvalue weighted by Crippen LogP contribution is -2.36. The van der Waals surface area contributed by atoms with E-state index in [4.69, 9.17) is 4.84 Å². The molecule has 1 aromatic rings. The number of thiophene rings is 1. The monoisotopic (exact) mass is 307 g/mol. The maximum absolute atomic E-state index is 12.4. The zero-order valence-corrected chi connectivity index (χ0v) is 13.0. The molecule has 1 fully saturated rings. The summed E-state index contributed by atoms with van der Waals surface area (Å²) in [5.41, 5.74) is 1.51. The van der Waals surface area contributed by atoms with Crippen molar-refractivity contribution in [2.24, 2.45) is 11.1 Å². The number of carbonyl (C=O) groups excluding carboxylic acids is 2. The Morgan fingerprint density at radius 1 is 1.43 bits per heavy atom. The second kappa shape index (κ2) is 5.14. The van der Waals surface area contributed by atoms with Crippen molar-refractivity contribution in [2.45, 2.75) is 13.0 Å². The van der Waals surface area contributed by atoms with Crippen LogP contribution in [0.5, 0.6) is 0 Å². The van der Waals surface area contributed by atoms with Gasteiger partial charge in [0.2, 0.25) is 0 Å². The van der Waals surface area contributed by atoms with E-state index < -0.39 is 0 Å². The highest BCUT2D eigenvalue weighted by atomic mass is 32.1. The molecule has 1 aromatic heterocycles. The summed E-state index contributed by atoms with van der Waals surface area (Å²) in [6, 6.07) is 1.89. The number of fused-ring (bicyclic) bond motifs is 1. The third kappa shape index (κ3) is 2.42. The van der Waals surface area contributed by atoms with Crippen molar-refractivity contribution in [1.29, 1.82) is 0 Å². The first-order chi connectivity index (χ1) is 9.97. The van der Waals surface area contributed by atoms with Crippen LogP contribution in [0.2, 0.25) is 0 Å². The van der Waals surface area contributed by atoms with Crippen LogP contribution in [0, 0.1) is 12.8 Å². The van der Waals surface area contributed by atoms with Gasteiger partial charge >= 0.3 is 0 Å². The average Bonchev–Trinajstić information content (AvgIpc) is 3.11. The minimum atomic E-state index is -0.200. The standard InChI is InChI=1S/C14H17N3O3S/c1-8-4-11(21-7-8)13(18)17-5-9-10(6-17)20-15-12(9)14(19)16(2)3/h4,7,9-10H,5-6H2,1-3H3/t9-,10+/m0/s1. The topological polar surface area (TPSA) is 62.2 Å². The Hall–Kier alpha value is -1.89. The number of amides is 2. The number of aryl methyl sites for hydroxylation is 1. The normalized spacial score (nSPS) is 23.6. The van der Waals surface area contributed by atoms with E-state index in [-0.39, 0.29) is 23.8 Å². The predicted molar refractivity (Wildman–Crippen MR) is 79.5 cm³/mol. The number of oxime groups is 1. The molecule has 0 bridgehead atoms. The predicted octanol–water partition coefficient (Wildman–Crippen LogP) is 0.972. The summed E-state index contributed by atoms with van der Waals surface area (Å²) in [7, 11) is 3.37. The minimum absolute atomic E-state index is 0.00255. The molecule has 0 aromatic carbocycles. The molecule has 7 heteroatoms. The number of hydrogen-bond acceptors (Lipinski definition) is 5. The Balaban J connectivity index is 1.73. The van der Waals surface area contributed by atoms with Crippen LogP contribution < -0.4 is 0 Å². The highest BCUT2D eigenvalue weighted by Gasteiger charge is 2.46. The SMILES string of the molecule is Cc1csc(C(=O)N2C[C@@H]3C(C(=O)N(C)C)=NO[C@@H]3C2)c1. The molecule has 2 aliphatic rings. The second-order valence-electron chi connectivity index (χ2n) is 5.62. The molecule has 2 aliphatic heterocycles.